The first-order valence-electron chi connectivity index (χ1n) is 10.1. The highest BCUT2D eigenvalue weighted by atomic mass is 79.9. The van der Waals surface area contributed by atoms with Gasteiger partial charge in [-0.15, -0.1) is 0 Å². The highest BCUT2D eigenvalue weighted by Gasteiger charge is 2.67. The van der Waals surface area contributed by atoms with Crippen molar-refractivity contribution in [3.8, 4) is 0 Å². The minimum absolute atomic E-state index is 0.0577. The molecule has 1 aromatic carbocycles. The number of methoxy groups -OCH3 is 1. The van der Waals surface area contributed by atoms with Gasteiger partial charge < -0.3 is 9.64 Å². The van der Waals surface area contributed by atoms with Crippen LogP contribution in [0, 0.1) is 16.7 Å². The average Bonchev–Trinajstić information content (AvgIpc) is 2.94. The number of amidine groups is 1. The van der Waals surface area contributed by atoms with Crippen molar-refractivity contribution < 1.29 is 9.53 Å². The first-order valence-corrected chi connectivity index (χ1v) is 10.9. The molecule has 1 saturated heterocycles. The molecule has 0 bridgehead atoms. The lowest BCUT2D eigenvalue weighted by atomic mass is 9.50. The summed E-state index contributed by atoms with van der Waals surface area (Å²) in [6.45, 7) is 2.18. The first-order chi connectivity index (χ1) is 12.9. The van der Waals surface area contributed by atoms with Crippen LogP contribution in [0.4, 0.5) is 0 Å². The maximum absolute atomic E-state index is 14.0. The third kappa shape index (κ3) is 2.50. The summed E-state index contributed by atoms with van der Waals surface area (Å²) in [6, 6.07) is 6.50. The highest BCUT2D eigenvalue weighted by Crippen LogP contribution is 2.65. The highest BCUT2D eigenvalue weighted by molar-refractivity contribution is 9.10. The van der Waals surface area contributed by atoms with Gasteiger partial charge in [0.25, 0.3) is 0 Å². The third-order valence-corrected chi connectivity index (χ3v) is 8.17. The Hall–Kier alpha value is -1.20. The van der Waals surface area contributed by atoms with Crippen LogP contribution in [0.15, 0.2) is 22.7 Å². The van der Waals surface area contributed by atoms with Crippen LogP contribution in [0.1, 0.15) is 56.6 Å². The summed E-state index contributed by atoms with van der Waals surface area (Å²) >= 11 is 3.65. The molecular weight excluding hydrogens is 404 g/mol. The van der Waals surface area contributed by atoms with Gasteiger partial charge in [-0.3, -0.25) is 10.2 Å². The van der Waals surface area contributed by atoms with Gasteiger partial charge in [0, 0.05) is 25.1 Å². The van der Waals surface area contributed by atoms with E-state index >= 15 is 0 Å². The van der Waals surface area contributed by atoms with Crippen LogP contribution in [-0.2, 0) is 21.4 Å². The van der Waals surface area contributed by atoms with Crippen LogP contribution in [0.2, 0.25) is 0 Å². The van der Waals surface area contributed by atoms with E-state index in [4.69, 9.17) is 10.1 Å². The molecule has 3 aliphatic rings. The van der Waals surface area contributed by atoms with E-state index in [1.54, 1.807) is 19.1 Å². The number of amides is 1. The maximum Gasteiger partial charge on any atom is 0.239 e. The van der Waals surface area contributed by atoms with E-state index in [9.17, 15) is 4.79 Å². The van der Waals surface area contributed by atoms with E-state index < -0.39 is 5.41 Å². The molecule has 27 heavy (non-hydrogen) atoms. The molecule has 2 aliphatic carbocycles. The standard InChI is InChI=1S/C22H29BrN2O2/c1-4-15-11-19(24)25(2)20(26)22(15)18-12-16(23)6-5-14(18)13-21(22)9-7-17(27-3)8-10-21/h5-6,12,15,17,24H,4,7-11,13H2,1-3H3. The molecule has 1 aliphatic heterocycles. The molecule has 2 unspecified atom stereocenters. The monoisotopic (exact) mass is 432 g/mol. The fourth-order valence-electron chi connectivity index (χ4n) is 6.34. The van der Waals surface area contributed by atoms with E-state index in [0.717, 1.165) is 43.0 Å². The number of benzene rings is 1. The van der Waals surface area contributed by atoms with Crippen LogP contribution in [0.25, 0.3) is 0 Å². The number of ether oxygens (including phenoxy) is 1. The van der Waals surface area contributed by atoms with Gasteiger partial charge in [0.15, 0.2) is 0 Å². The molecule has 1 N–H and O–H groups in total. The van der Waals surface area contributed by atoms with Crippen molar-refractivity contribution in [2.45, 2.75) is 63.4 Å². The number of nitrogens with one attached hydrogen (secondary N) is 1. The van der Waals surface area contributed by atoms with Gasteiger partial charge in [-0.2, -0.15) is 0 Å². The number of carbonyl (C=O) groups is 1. The predicted molar refractivity (Wildman–Crippen MR) is 110 cm³/mol. The first kappa shape index (κ1) is 19.1. The smallest absolute Gasteiger partial charge is 0.239 e. The van der Waals surface area contributed by atoms with Gasteiger partial charge in [0.05, 0.1) is 11.5 Å². The van der Waals surface area contributed by atoms with Crippen molar-refractivity contribution in [1.29, 1.82) is 5.41 Å². The van der Waals surface area contributed by atoms with Crippen molar-refractivity contribution in [1.82, 2.24) is 4.90 Å². The fraction of sp³-hybridized carbons (Fsp3) is 0.636. The number of fused-ring (bicyclic) bond motifs is 3. The third-order valence-electron chi connectivity index (χ3n) is 7.68. The van der Waals surface area contributed by atoms with E-state index in [1.807, 2.05) is 0 Å². The zero-order valence-electron chi connectivity index (χ0n) is 16.5. The maximum atomic E-state index is 14.0. The number of hydrogen-bond donors (Lipinski definition) is 1. The molecule has 1 amide bonds. The second-order valence-electron chi connectivity index (χ2n) is 8.62. The van der Waals surface area contributed by atoms with Crippen LogP contribution < -0.4 is 0 Å². The molecule has 1 saturated carbocycles. The Morgan fingerprint density at radius 1 is 1.33 bits per heavy atom. The summed E-state index contributed by atoms with van der Waals surface area (Å²) in [5.74, 6) is 0.781. The van der Waals surface area contributed by atoms with Gasteiger partial charge in [0.1, 0.15) is 5.84 Å². The summed E-state index contributed by atoms with van der Waals surface area (Å²) in [6.07, 6.45) is 6.93. The fourth-order valence-corrected chi connectivity index (χ4v) is 6.70. The molecule has 2 fully saturated rings. The Morgan fingerprint density at radius 2 is 2.04 bits per heavy atom. The zero-order valence-corrected chi connectivity index (χ0v) is 18.1. The number of piperidine rings is 1. The minimum atomic E-state index is -0.515. The molecule has 1 heterocycles. The SMILES string of the molecule is CCC1CC(=N)N(C)C(=O)C12c1cc(Br)ccc1CC21CCC(OC)CC1. The van der Waals surface area contributed by atoms with Crippen LogP contribution >= 0.6 is 15.9 Å². The Morgan fingerprint density at radius 3 is 2.67 bits per heavy atom. The van der Waals surface area contributed by atoms with Crippen molar-refractivity contribution in [2.24, 2.45) is 11.3 Å². The summed E-state index contributed by atoms with van der Waals surface area (Å²) < 4.78 is 6.68. The number of hydrogen-bond acceptors (Lipinski definition) is 3. The van der Waals surface area contributed by atoms with Crippen molar-refractivity contribution in [3.63, 3.8) is 0 Å². The molecule has 2 spiro atoms. The molecule has 0 radical (unpaired) electrons. The number of halogens is 1. The topological polar surface area (TPSA) is 53.4 Å². The number of carbonyl (C=O) groups excluding carboxylic acids is 1. The van der Waals surface area contributed by atoms with E-state index in [-0.39, 0.29) is 17.2 Å². The molecule has 1 aromatic rings. The largest absolute Gasteiger partial charge is 0.381 e. The van der Waals surface area contributed by atoms with Gasteiger partial charge in [-0.25, -0.2) is 0 Å². The molecule has 2 atom stereocenters. The Balaban J connectivity index is 1.93. The van der Waals surface area contributed by atoms with Gasteiger partial charge >= 0.3 is 0 Å². The second-order valence-corrected chi connectivity index (χ2v) is 9.54. The van der Waals surface area contributed by atoms with E-state index in [2.05, 4.69) is 41.1 Å². The molecule has 0 aromatic heterocycles. The molecule has 4 rings (SSSR count). The Kier molecular flexibility index (Phi) is 4.75. The number of nitrogens with zero attached hydrogens (tertiary/aromatic N) is 1. The molecular formula is C22H29BrN2O2. The van der Waals surface area contributed by atoms with Gasteiger partial charge in [-0.05, 0) is 66.7 Å². The van der Waals surface area contributed by atoms with E-state index in [0.29, 0.717) is 18.4 Å². The van der Waals surface area contributed by atoms with Gasteiger partial charge in [0.2, 0.25) is 5.91 Å². The van der Waals surface area contributed by atoms with Crippen molar-refractivity contribution in [2.75, 3.05) is 14.2 Å². The van der Waals surface area contributed by atoms with Crippen molar-refractivity contribution in [3.05, 3.63) is 33.8 Å². The number of likely N-dealkylation sites (tertiary alicyclic amines) is 1. The molecule has 146 valence electrons. The summed E-state index contributed by atoms with van der Waals surface area (Å²) in [5, 5.41) is 8.37. The van der Waals surface area contributed by atoms with Crippen LogP contribution in [0.3, 0.4) is 0 Å². The lowest BCUT2D eigenvalue weighted by molar-refractivity contribution is -0.147. The normalized spacial score (nSPS) is 35.9. The quantitative estimate of drug-likeness (QED) is 0.736. The Bertz CT molecular complexity index is 785. The van der Waals surface area contributed by atoms with Crippen molar-refractivity contribution >= 4 is 27.7 Å². The summed E-state index contributed by atoms with van der Waals surface area (Å²) in [4.78, 5) is 15.6. The average molecular weight is 433 g/mol. The molecule has 5 heteroatoms. The molecule has 4 nitrogen and oxygen atoms in total. The number of rotatable bonds is 2. The van der Waals surface area contributed by atoms with Crippen LogP contribution in [-0.4, -0.2) is 36.9 Å². The van der Waals surface area contributed by atoms with Gasteiger partial charge in [-0.1, -0.05) is 35.3 Å². The predicted octanol–water partition coefficient (Wildman–Crippen LogP) is 4.68. The lowest BCUT2D eigenvalue weighted by Gasteiger charge is -2.56. The zero-order chi connectivity index (χ0) is 19.4. The minimum Gasteiger partial charge on any atom is -0.381 e. The summed E-state index contributed by atoms with van der Waals surface area (Å²) in [7, 11) is 3.59. The Labute approximate surface area is 170 Å². The number of likely N-dealkylation sites (N-methyl/N-ethyl adjacent to an activating group) is 1. The van der Waals surface area contributed by atoms with E-state index in [1.165, 1.54) is 11.1 Å². The lowest BCUT2D eigenvalue weighted by Crippen LogP contribution is -2.64. The second kappa shape index (κ2) is 6.70. The van der Waals surface area contributed by atoms with Crippen LogP contribution in [0.5, 0.6) is 0 Å². The summed E-state index contributed by atoms with van der Waals surface area (Å²) in [5.41, 5.74) is 1.96.